The van der Waals surface area contributed by atoms with Crippen molar-refractivity contribution < 1.29 is 0 Å². The van der Waals surface area contributed by atoms with Crippen molar-refractivity contribution in [1.82, 2.24) is 14.3 Å². The number of benzene rings is 1. The SMILES string of the molecule is Cn1cnn(Cc2ccc(C(C)(C)C)cc2)c1=O. The van der Waals surface area contributed by atoms with E-state index in [9.17, 15) is 4.79 Å². The van der Waals surface area contributed by atoms with E-state index in [0.717, 1.165) is 5.56 Å². The van der Waals surface area contributed by atoms with Crippen LogP contribution >= 0.6 is 0 Å². The first-order valence-corrected chi connectivity index (χ1v) is 6.06. The third-order valence-corrected chi connectivity index (χ3v) is 3.04. The maximum Gasteiger partial charge on any atom is 0.345 e. The lowest BCUT2D eigenvalue weighted by Gasteiger charge is -2.19. The molecule has 18 heavy (non-hydrogen) atoms. The standard InChI is InChI=1S/C14H19N3O/c1-14(2,3)12-7-5-11(6-8-12)9-17-13(18)16(4)10-15-17/h5-8,10H,9H2,1-4H3. The molecule has 1 aromatic carbocycles. The first-order chi connectivity index (χ1) is 8.38. The van der Waals surface area contributed by atoms with Crippen LogP contribution in [0.25, 0.3) is 0 Å². The second kappa shape index (κ2) is 4.44. The molecule has 0 unspecified atom stereocenters. The Bertz CT molecular complexity index is 585. The molecule has 4 nitrogen and oxygen atoms in total. The van der Waals surface area contributed by atoms with Gasteiger partial charge in [-0.25, -0.2) is 9.48 Å². The van der Waals surface area contributed by atoms with Gasteiger partial charge in [-0.05, 0) is 16.5 Å². The molecule has 0 fully saturated rings. The molecule has 0 atom stereocenters. The summed E-state index contributed by atoms with van der Waals surface area (Å²) in [6.45, 7) is 7.08. The summed E-state index contributed by atoms with van der Waals surface area (Å²) in [4.78, 5) is 11.7. The Labute approximate surface area is 107 Å². The maximum atomic E-state index is 11.7. The van der Waals surface area contributed by atoms with Crippen molar-refractivity contribution in [3.8, 4) is 0 Å². The van der Waals surface area contributed by atoms with Crippen molar-refractivity contribution in [2.24, 2.45) is 7.05 Å². The molecule has 0 amide bonds. The van der Waals surface area contributed by atoms with Gasteiger partial charge >= 0.3 is 5.69 Å². The van der Waals surface area contributed by atoms with Gasteiger partial charge in [0.05, 0.1) is 6.54 Å². The highest BCUT2D eigenvalue weighted by Gasteiger charge is 2.13. The summed E-state index contributed by atoms with van der Waals surface area (Å²) in [6.07, 6.45) is 1.53. The monoisotopic (exact) mass is 245 g/mol. The molecule has 0 aliphatic heterocycles. The number of nitrogens with zero attached hydrogens (tertiary/aromatic N) is 3. The van der Waals surface area contributed by atoms with Gasteiger partial charge in [-0.2, -0.15) is 5.10 Å². The van der Waals surface area contributed by atoms with E-state index in [1.165, 1.54) is 21.1 Å². The molecule has 1 aromatic heterocycles. The first kappa shape index (κ1) is 12.6. The van der Waals surface area contributed by atoms with E-state index >= 15 is 0 Å². The van der Waals surface area contributed by atoms with Crippen molar-refractivity contribution in [3.63, 3.8) is 0 Å². The lowest BCUT2D eigenvalue weighted by atomic mass is 9.87. The van der Waals surface area contributed by atoms with Crippen molar-refractivity contribution in [2.75, 3.05) is 0 Å². The molecule has 0 aliphatic rings. The molecule has 0 spiro atoms. The highest BCUT2D eigenvalue weighted by Crippen LogP contribution is 2.22. The predicted octanol–water partition coefficient (Wildman–Crippen LogP) is 1.93. The van der Waals surface area contributed by atoms with Crippen molar-refractivity contribution >= 4 is 0 Å². The van der Waals surface area contributed by atoms with E-state index in [1.807, 2.05) is 0 Å². The Morgan fingerprint density at radius 2 is 1.78 bits per heavy atom. The minimum absolute atomic E-state index is 0.0881. The number of hydrogen-bond donors (Lipinski definition) is 0. The Morgan fingerprint density at radius 3 is 2.22 bits per heavy atom. The number of aryl methyl sites for hydroxylation is 1. The predicted molar refractivity (Wildman–Crippen MR) is 71.7 cm³/mol. The summed E-state index contributed by atoms with van der Waals surface area (Å²) in [5, 5.41) is 4.05. The average Bonchev–Trinajstić information content (AvgIpc) is 2.61. The van der Waals surface area contributed by atoms with E-state index < -0.39 is 0 Å². The molecule has 0 radical (unpaired) electrons. The third-order valence-electron chi connectivity index (χ3n) is 3.04. The Morgan fingerprint density at radius 1 is 1.17 bits per heavy atom. The summed E-state index contributed by atoms with van der Waals surface area (Å²) >= 11 is 0. The highest BCUT2D eigenvalue weighted by atomic mass is 16.2. The minimum atomic E-state index is -0.0881. The highest BCUT2D eigenvalue weighted by molar-refractivity contribution is 5.27. The zero-order chi connectivity index (χ0) is 13.3. The van der Waals surface area contributed by atoms with E-state index in [4.69, 9.17) is 0 Å². The van der Waals surface area contributed by atoms with Gasteiger partial charge in [-0.15, -0.1) is 0 Å². The third kappa shape index (κ3) is 2.53. The maximum absolute atomic E-state index is 11.7. The summed E-state index contributed by atoms with van der Waals surface area (Å²) < 4.78 is 2.94. The largest absolute Gasteiger partial charge is 0.345 e. The second-order valence-corrected chi connectivity index (χ2v) is 5.63. The molecule has 4 heteroatoms. The van der Waals surface area contributed by atoms with Gasteiger partial charge in [-0.1, -0.05) is 45.0 Å². The molecule has 96 valence electrons. The Balaban J connectivity index is 2.21. The second-order valence-electron chi connectivity index (χ2n) is 5.63. The quantitative estimate of drug-likeness (QED) is 0.811. The van der Waals surface area contributed by atoms with Crippen LogP contribution in [-0.2, 0) is 19.0 Å². The molecule has 0 saturated heterocycles. The fourth-order valence-electron chi connectivity index (χ4n) is 1.81. The molecule has 1 heterocycles. The van der Waals surface area contributed by atoms with Gasteiger partial charge in [0.2, 0.25) is 0 Å². The van der Waals surface area contributed by atoms with Crippen LogP contribution < -0.4 is 5.69 Å². The van der Waals surface area contributed by atoms with Gasteiger partial charge in [0.25, 0.3) is 0 Å². The van der Waals surface area contributed by atoms with Crippen molar-refractivity contribution in [1.29, 1.82) is 0 Å². The van der Waals surface area contributed by atoms with Crippen LogP contribution in [-0.4, -0.2) is 14.3 Å². The van der Waals surface area contributed by atoms with E-state index in [0.29, 0.717) is 6.54 Å². The molecule has 0 saturated carbocycles. The lowest BCUT2D eigenvalue weighted by molar-refractivity contribution is 0.589. The van der Waals surface area contributed by atoms with Crippen LogP contribution in [0.4, 0.5) is 0 Å². The summed E-state index contributed by atoms with van der Waals surface area (Å²) in [7, 11) is 1.70. The zero-order valence-electron chi connectivity index (χ0n) is 11.3. The van der Waals surface area contributed by atoms with Gasteiger partial charge < -0.3 is 0 Å². The summed E-state index contributed by atoms with van der Waals surface area (Å²) in [6, 6.07) is 8.34. The Hall–Kier alpha value is -1.84. The van der Waals surface area contributed by atoms with Gasteiger partial charge in [0, 0.05) is 7.05 Å². The van der Waals surface area contributed by atoms with E-state index in [-0.39, 0.29) is 11.1 Å². The molecule has 0 bridgehead atoms. The lowest BCUT2D eigenvalue weighted by Crippen LogP contribution is -2.23. The van der Waals surface area contributed by atoms with Crippen LogP contribution in [0.15, 0.2) is 35.4 Å². The van der Waals surface area contributed by atoms with Crippen LogP contribution in [0.3, 0.4) is 0 Å². The van der Waals surface area contributed by atoms with Gasteiger partial charge in [0.15, 0.2) is 0 Å². The summed E-state index contributed by atoms with van der Waals surface area (Å²) in [5.74, 6) is 0. The van der Waals surface area contributed by atoms with Crippen LogP contribution in [0.2, 0.25) is 0 Å². The van der Waals surface area contributed by atoms with E-state index in [1.54, 1.807) is 7.05 Å². The molecule has 2 aromatic rings. The first-order valence-electron chi connectivity index (χ1n) is 6.06. The van der Waals surface area contributed by atoms with Crippen molar-refractivity contribution in [3.05, 3.63) is 52.2 Å². The fraction of sp³-hybridized carbons (Fsp3) is 0.429. The number of hydrogen-bond acceptors (Lipinski definition) is 2. The smallest absolute Gasteiger partial charge is 0.285 e. The van der Waals surface area contributed by atoms with Crippen LogP contribution in [0.5, 0.6) is 0 Å². The summed E-state index contributed by atoms with van der Waals surface area (Å²) in [5.41, 5.74) is 2.44. The number of rotatable bonds is 2. The van der Waals surface area contributed by atoms with Gasteiger partial charge in [-0.3, -0.25) is 4.57 Å². The Kier molecular flexibility index (Phi) is 3.11. The van der Waals surface area contributed by atoms with Crippen LogP contribution in [0.1, 0.15) is 31.9 Å². The number of aromatic nitrogens is 3. The van der Waals surface area contributed by atoms with Crippen molar-refractivity contribution in [2.45, 2.75) is 32.7 Å². The molecule has 2 rings (SSSR count). The fourth-order valence-corrected chi connectivity index (χ4v) is 1.81. The topological polar surface area (TPSA) is 39.8 Å². The van der Waals surface area contributed by atoms with Gasteiger partial charge in [0.1, 0.15) is 6.33 Å². The molecular formula is C14H19N3O. The molecular weight excluding hydrogens is 226 g/mol. The molecule has 0 aliphatic carbocycles. The molecule has 0 N–H and O–H groups in total. The minimum Gasteiger partial charge on any atom is -0.285 e. The average molecular weight is 245 g/mol. The normalized spacial score (nSPS) is 11.8. The zero-order valence-corrected chi connectivity index (χ0v) is 11.3. The van der Waals surface area contributed by atoms with Crippen LogP contribution in [0, 0.1) is 0 Å². The van der Waals surface area contributed by atoms with E-state index in [2.05, 4.69) is 50.1 Å².